The summed E-state index contributed by atoms with van der Waals surface area (Å²) >= 11 is 7.24. The van der Waals surface area contributed by atoms with E-state index in [1.54, 1.807) is 24.3 Å². The summed E-state index contributed by atoms with van der Waals surface area (Å²) in [5.41, 5.74) is -0.160. The zero-order chi connectivity index (χ0) is 17.2. The van der Waals surface area contributed by atoms with Crippen LogP contribution < -0.4 is 5.32 Å². The van der Waals surface area contributed by atoms with E-state index < -0.39 is 17.9 Å². The van der Waals surface area contributed by atoms with Crippen molar-refractivity contribution in [1.29, 1.82) is 0 Å². The molecular weight excluding hydrogens is 334 g/mol. The zero-order valence-corrected chi connectivity index (χ0v) is 14.7. The van der Waals surface area contributed by atoms with Crippen LogP contribution in [0.15, 0.2) is 36.4 Å². The highest BCUT2D eigenvalue weighted by molar-refractivity contribution is 7.20. The third-order valence-corrected chi connectivity index (χ3v) is 4.39. The van der Waals surface area contributed by atoms with Gasteiger partial charge in [-0.25, -0.2) is 4.79 Å². The van der Waals surface area contributed by atoms with Crippen LogP contribution in [0.25, 0.3) is 10.1 Å². The van der Waals surface area contributed by atoms with Gasteiger partial charge in [0.15, 0.2) is 0 Å². The first kappa shape index (κ1) is 17.5. The predicted octanol–water partition coefficient (Wildman–Crippen LogP) is 4.34. The molecule has 0 aliphatic heterocycles. The monoisotopic (exact) mass is 351 g/mol. The Hall–Kier alpha value is -1.85. The van der Waals surface area contributed by atoms with Crippen molar-refractivity contribution in [3.05, 3.63) is 46.3 Å². The van der Waals surface area contributed by atoms with E-state index in [1.165, 1.54) is 17.4 Å². The first-order chi connectivity index (χ1) is 10.7. The van der Waals surface area contributed by atoms with Crippen molar-refractivity contribution < 1.29 is 14.7 Å². The Labute approximate surface area is 143 Å². The number of rotatable bonds is 4. The number of allylic oxidation sites excluding steroid dienone is 1. The zero-order valence-electron chi connectivity index (χ0n) is 13.1. The lowest BCUT2D eigenvalue weighted by Gasteiger charge is -2.14. The standard InChI is InChI=1S/C17H18ClNO3S/c1-17(2,3)7-6-12(16(21)22)19-15(20)14-9-10-8-11(18)4-5-13(10)23-14/h4-9,12H,1-3H3,(H,19,20)(H,21,22)/b7-6+/t12-/m1/s1. The molecule has 2 aromatic rings. The van der Waals surface area contributed by atoms with Gasteiger partial charge >= 0.3 is 5.97 Å². The fraction of sp³-hybridized carbons (Fsp3) is 0.294. The van der Waals surface area contributed by atoms with E-state index in [-0.39, 0.29) is 5.41 Å². The number of thiophene rings is 1. The summed E-state index contributed by atoms with van der Waals surface area (Å²) in [6.07, 6.45) is 3.28. The number of carboxylic acid groups (broad SMARTS) is 1. The molecule has 0 fully saturated rings. The topological polar surface area (TPSA) is 66.4 Å². The quantitative estimate of drug-likeness (QED) is 0.805. The van der Waals surface area contributed by atoms with E-state index in [0.717, 1.165) is 10.1 Å². The summed E-state index contributed by atoms with van der Waals surface area (Å²) in [6.45, 7) is 5.87. The summed E-state index contributed by atoms with van der Waals surface area (Å²) < 4.78 is 0.927. The molecule has 0 aliphatic rings. The number of carbonyl (C=O) groups excluding carboxylic acids is 1. The van der Waals surface area contributed by atoms with Crippen molar-refractivity contribution in [2.24, 2.45) is 5.41 Å². The summed E-state index contributed by atoms with van der Waals surface area (Å²) in [6, 6.07) is 6.03. The van der Waals surface area contributed by atoms with E-state index in [2.05, 4.69) is 5.32 Å². The number of benzene rings is 1. The molecule has 1 aromatic carbocycles. The van der Waals surface area contributed by atoms with Gasteiger partial charge in [-0.1, -0.05) is 44.5 Å². The maximum Gasteiger partial charge on any atom is 0.330 e. The normalized spacial score (nSPS) is 13.4. The van der Waals surface area contributed by atoms with Crippen molar-refractivity contribution in [3.63, 3.8) is 0 Å². The van der Waals surface area contributed by atoms with E-state index in [4.69, 9.17) is 11.6 Å². The summed E-state index contributed by atoms with van der Waals surface area (Å²) in [5.74, 6) is -1.50. The van der Waals surface area contributed by atoms with Crippen LogP contribution in [0.2, 0.25) is 5.02 Å². The van der Waals surface area contributed by atoms with Gasteiger partial charge in [0.25, 0.3) is 5.91 Å². The van der Waals surface area contributed by atoms with Gasteiger partial charge in [0.1, 0.15) is 6.04 Å². The van der Waals surface area contributed by atoms with Crippen molar-refractivity contribution in [3.8, 4) is 0 Å². The van der Waals surface area contributed by atoms with Crippen LogP contribution in [0.3, 0.4) is 0 Å². The van der Waals surface area contributed by atoms with Gasteiger partial charge in [0.05, 0.1) is 4.88 Å². The molecule has 0 aliphatic carbocycles. The van der Waals surface area contributed by atoms with Crippen molar-refractivity contribution in [1.82, 2.24) is 5.32 Å². The maximum absolute atomic E-state index is 12.3. The number of carboxylic acids is 1. The van der Waals surface area contributed by atoms with Gasteiger partial charge in [-0.05, 0) is 35.1 Å². The van der Waals surface area contributed by atoms with Gasteiger partial charge in [-0.3, -0.25) is 4.79 Å². The molecule has 23 heavy (non-hydrogen) atoms. The minimum Gasteiger partial charge on any atom is -0.479 e. The third kappa shape index (κ3) is 4.81. The number of amides is 1. The van der Waals surface area contributed by atoms with Gasteiger partial charge < -0.3 is 10.4 Å². The van der Waals surface area contributed by atoms with Crippen molar-refractivity contribution in [2.45, 2.75) is 26.8 Å². The number of aliphatic carboxylic acids is 1. The molecular formula is C17H18ClNO3S. The lowest BCUT2D eigenvalue weighted by Crippen LogP contribution is -2.39. The Balaban J connectivity index is 2.20. The molecule has 0 unspecified atom stereocenters. The fourth-order valence-electron chi connectivity index (χ4n) is 1.92. The lowest BCUT2D eigenvalue weighted by molar-refractivity contribution is -0.137. The molecule has 0 radical (unpaired) electrons. The van der Waals surface area contributed by atoms with Gasteiger partial charge in [-0.2, -0.15) is 0 Å². The minimum absolute atomic E-state index is 0.160. The highest BCUT2D eigenvalue weighted by Gasteiger charge is 2.20. The van der Waals surface area contributed by atoms with Gasteiger partial charge in [0, 0.05) is 9.72 Å². The average Bonchev–Trinajstić information content (AvgIpc) is 2.84. The van der Waals surface area contributed by atoms with E-state index in [9.17, 15) is 14.7 Å². The van der Waals surface area contributed by atoms with Gasteiger partial charge in [0.2, 0.25) is 0 Å². The van der Waals surface area contributed by atoms with Crippen LogP contribution in [-0.4, -0.2) is 23.0 Å². The van der Waals surface area contributed by atoms with Crippen LogP contribution in [0.5, 0.6) is 0 Å². The number of carbonyl (C=O) groups is 2. The van der Waals surface area contributed by atoms with Crippen molar-refractivity contribution in [2.75, 3.05) is 0 Å². The van der Waals surface area contributed by atoms with Crippen LogP contribution in [0, 0.1) is 5.41 Å². The van der Waals surface area contributed by atoms with Crippen LogP contribution in [0.4, 0.5) is 0 Å². The Bertz CT molecular complexity index is 774. The Morgan fingerprint density at radius 3 is 2.61 bits per heavy atom. The molecule has 0 saturated heterocycles. The van der Waals surface area contributed by atoms with E-state index in [1.807, 2.05) is 26.8 Å². The molecule has 1 aromatic heterocycles. The number of fused-ring (bicyclic) bond motifs is 1. The summed E-state index contributed by atoms with van der Waals surface area (Å²) in [7, 11) is 0. The molecule has 0 bridgehead atoms. The molecule has 6 heteroatoms. The first-order valence-electron chi connectivity index (χ1n) is 7.08. The summed E-state index contributed by atoms with van der Waals surface area (Å²) in [5, 5.41) is 13.3. The Morgan fingerprint density at radius 2 is 2.00 bits per heavy atom. The maximum atomic E-state index is 12.3. The first-order valence-corrected chi connectivity index (χ1v) is 8.27. The predicted molar refractivity (Wildman–Crippen MR) is 94.3 cm³/mol. The number of hydrogen-bond acceptors (Lipinski definition) is 3. The van der Waals surface area contributed by atoms with E-state index in [0.29, 0.717) is 9.90 Å². The molecule has 1 heterocycles. The molecule has 0 saturated carbocycles. The van der Waals surface area contributed by atoms with Crippen LogP contribution in [0.1, 0.15) is 30.4 Å². The SMILES string of the molecule is CC(C)(C)/C=C/[C@@H](NC(=O)c1cc2cc(Cl)ccc2s1)C(=O)O. The third-order valence-electron chi connectivity index (χ3n) is 3.04. The number of halogens is 1. The Morgan fingerprint density at radius 1 is 1.30 bits per heavy atom. The van der Waals surface area contributed by atoms with Crippen molar-refractivity contribution >= 4 is 44.9 Å². The second kappa shape index (κ2) is 6.72. The Kier molecular flexibility index (Phi) is 5.12. The molecule has 0 spiro atoms. The molecule has 1 amide bonds. The number of nitrogens with one attached hydrogen (secondary N) is 1. The van der Waals surface area contributed by atoms with Crippen LogP contribution >= 0.6 is 22.9 Å². The lowest BCUT2D eigenvalue weighted by atomic mass is 9.95. The van der Waals surface area contributed by atoms with Crippen LogP contribution in [-0.2, 0) is 4.79 Å². The fourth-order valence-corrected chi connectivity index (χ4v) is 3.04. The highest BCUT2D eigenvalue weighted by Crippen LogP contribution is 2.28. The molecule has 122 valence electrons. The number of hydrogen-bond donors (Lipinski definition) is 2. The average molecular weight is 352 g/mol. The molecule has 2 N–H and O–H groups in total. The largest absolute Gasteiger partial charge is 0.479 e. The summed E-state index contributed by atoms with van der Waals surface area (Å²) in [4.78, 5) is 24.1. The smallest absolute Gasteiger partial charge is 0.330 e. The highest BCUT2D eigenvalue weighted by atomic mass is 35.5. The molecule has 2 rings (SSSR count). The second-order valence-corrected chi connectivity index (χ2v) is 7.83. The minimum atomic E-state index is -1.09. The van der Waals surface area contributed by atoms with Gasteiger partial charge in [-0.15, -0.1) is 11.3 Å². The van der Waals surface area contributed by atoms with E-state index >= 15 is 0 Å². The molecule has 4 nitrogen and oxygen atoms in total. The second-order valence-electron chi connectivity index (χ2n) is 6.31. The molecule has 1 atom stereocenters.